The molecule has 1 atom stereocenters. The van der Waals surface area contributed by atoms with Gasteiger partial charge < -0.3 is 14.5 Å². The Morgan fingerprint density at radius 3 is 2.34 bits per heavy atom. The highest BCUT2D eigenvalue weighted by Gasteiger charge is 2.35. The van der Waals surface area contributed by atoms with Crippen LogP contribution in [0, 0.1) is 5.92 Å². The smallest absolute Gasteiger partial charge is 0.324 e. The fraction of sp³-hybridized carbons (Fsp3) is 0.652. The van der Waals surface area contributed by atoms with Gasteiger partial charge in [-0.15, -0.1) is 0 Å². The zero-order chi connectivity index (χ0) is 20.2. The number of anilines is 1. The van der Waals surface area contributed by atoms with Crippen molar-refractivity contribution in [3.63, 3.8) is 0 Å². The normalized spacial score (nSPS) is 23.2. The molecule has 4 rings (SSSR count). The van der Waals surface area contributed by atoms with Crippen molar-refractivity contribution in [3.8, 4) is 5.75 Å². The van der Waals surface area contributed by atoms with Crippen LogP contribution in [0.5, 0.6) is 5.75 Å². The van der Waals surface area contributed by atoms with Crippen molar-refractivity contribution < 1.29 is 14.3 Å². The Morgan fingerprint density at radius 1 is 0.966 bits per heavy atom. The van der Waals surface area contributed by atoms with Gasteiger partial charge in [-0.05, 0) is 44.2 Å². The molecule has 0 saturated carbocycles. The largest absolute Gasteiger partial charge is 0.486 e. The quantitative estimate of drug-likeness (QED) is 0.758. The van der Waals surface area contributed by atoms with Gasteiger partial charge in [0, 0.05) is 32.1 Å². The van der Waals surface area contributed by atoms with Crippen molar-refractivity contribution in [2.75, 3.05) is 37.6 Å². The first kappa shape index (κ1) is 20.0. The summed E-state index contributed by atoms with van der Waals surface area (Å²) in [4.78, 5) is 32.1. The molecule has 0 radical (unpaired) electrons. The Morgan fingerprint density at radius 2 is 1.66 bits per heavy atom. The summed E-state index contributed by atoms with van der Waals surface area (Å²) in [6.07, 6.45) is 7.14. The van der Waals surface area contributed by atoms with E-state index in [9.17, 15) is 9.59 Å². The fourth-order valence-corrected chi connectivity index (χ4v) is 4.73. The van der Waals surface area contributed by atoms with E-state index in [0.29, 0.717) is 25.5 Å². The molecule has 3 heterocycles. The summed E-state index contributed by atoms with van der Waals surface area (Å²) >= 11 is 0. The summed E-state index contributed by atoms with van der Waals surface area (Å²) < 4.78 is 6.01. The minimum absolute atomic E-state index is 0.0241. The lowest BCUT2D eigenvalue weighted by atomic mass is 9.95. The van der Waals surface area contributed by atoms with Gasteiger partial charge in [0.25, 0.3) is 0 Å². The highest BCUT2D eigenvalue weighted by molar-refractivity contribution is 5.94. The molecule has 0 aromatic heterocycles. The van der Waals surface area contributed by atoms with Crippen molar-refractivity contribution in [1.82, 2.24) is 9.80 Å². The second-order valence-corrected chi connectivity index (χ2v) is 8.51. The second kappa shape index (κ2) is 9.06. The van der Waals surface area contributed by atoms with Crippen LogP contribution in [0.1, 0.15) is 51.9 Å². The average molecular weight is 400 g/mol. The molecule has 3 aliphatic heterocycles. The Hall–Kier alpha value is -2.24. The molecule has 3 amide bonds. The Balaban J connectivity index is 1.38. The first-order chi connectivity index (χ1) is 14.2. The second-order valence-electron chi connectivity index (χ2n) is 8.51. The van der Waals surface area contributed by atoms with Gasteiger partial charge in [-0.1, -0.05) is 31.9 Å². The number of ether oxygens (including phenoxy) is 1. The zero-order valence-electron chi connectivity index (χ0n) is 17.5. The van der Waals surface area contributed by atoms with Crippen LogP contribution in [0.2, 0.25) is 0 Å². The Bertz CT molecular complexity index is 722. The van der Waals surface area contributed by atoms with Crippen molar-refractivity contribution in [2.45, 2.75) is 58.0 Å². The SMILES string of the molecule is CC[C@@H]1CN(C(=O)N2CCC(C(=O)N3CCCCCC3)CC2)c2ccccc2O1. The predicted octanol–water partition coefficient (Wildman–Crippen LogP) is 3.90. The fourth-order valence-electron chi connectivity index (χ4n) is 4.73. The number of benzene rings is 1. The molecule has 29 heavy (non-hydrogen) atoms. The molecule has 158 valence electrons. The molecule has 2 fully saturated rings. The number of rotatable bonds is 2. The van der Waals surface area contributed by atoms with Gasteiger partial charge in [0.1, 0.15) is 11.9 Å². The number of para-hydroxylation sites is 2. The third-order valence-corrected chi connectivity index (χ3v) is 6.55. The van der Waals surface area contributed by atoms with Crippen LogP contribution in [0.4, 0.5) is 10.5 Å². The summed E-state index contributed by atoms with van der Waals surface area (Å²) in [5.74, 6) is 1.16. The standard InChI is InChI=1S/C23H33N3O3/c1-2-19-17-26(20-9-5-6-10-21(20)29-19)23(28)25-15-11-18(12-16-25)22(27)24-13-7-3-4-8-14-24/h5-6,9-10,18-19H,2-4,7-8,11-17H2,1H3/t19-/m1/s1. The van der Waals surface area contributed by atoms with E-state index in [2.05, 4.69) is 11.8 Å². The number of fused-ring (bicyclic) bond motifs is 1. The van der Waals surface area contributed by atoms with E-state index in [-0.39, 0.29) is 18.1 Å². The van der Waals surface area contributed by atoms with Crippen molar-refractivity contribution >= 4 is 17.6 Å². The highest BCUT2D eigenvalue weighted by Crippen LogP contribution is 2.35. The van der Waals surface area contributed by atoms with Gasteiger partial charge in [0.2, 0.25) is 5.91 Å². The van der Waals surface area contributed by atoms with Gasteiger partial charge in [-0.2, -0.15) is 0 Å². The van der Waals surface area contributed by atoms with Crippen LogP contribution in [-0.2, 0) is 4.79 Å². The molecular weight excluding hydrogens is 366 g/mol. The third-order valence-electron chi connectivity index (χ3n) is 6.55. The van der Waals surface area contributed by atoms with Gasteiger partial charge in [-0.3, -0.25) is 9.69 Å². The van der Waals surface area contributed by atoms with E-state index in [1.54, 1.807) is 0 Å². The van der Waals surface area contributed by atoms with Gasteiger partial charge in [-0.25, -0.2) is 4.79 Å². The molecule has 0 bridgehead atoms. The lowest BCUT2D eigenvalue weighted by Crippen LogP contribution is -2.52. The number of carbonyl (C=O) groups is 2. The van der Waals surface area contributed by atoms with E-state index in [1.807, 2.05) is 34.1 Å². The first-order valence-electron chi connectivity index (χ1n) is 11.3. The van der Waals surface area contributed by atoms with Gasteiger partial charge in [0.05, 0.1) is 12.2 Å². The average Bonchev–Trinajstić information content (AvgIpc) is 3.07. The van der Waals surface area contributed by atoms with Crippen LogP contribution in [0.3, 0.4) is 0 Å². The number of urea groups is 1. The molecule has 6 heteroatoms. The number of hydrogen-bond acceptors (Lipinski definition) is 3. The molecule has 1 aromatic rings. The van der Waals surface area contributed by atoms with Crippen LogP contribution < -0.4 is 9.64 Å². The Labute approximate surface area is 173 Å². The molecule has 0 unspecified atom stereocenters. The maximum Gasteiger partial charge on any atom is 0.324 e. The molecule has 6 nitrogen and oxygen atoms in total. The number of amides is 3. The minimum atomic E-state index is 0.0241. The van der Waals surface area contributed by atoms with Crippen LogP contribution >= 0.6 is 0 Å². The number of hydrogen-bond donors (Lipinski definition) is 0. The molecule has 2 saturated heterocycles. The van der Waals surface area contributed by atoms with Gasteiger partial charge in [0.15, 0.2) is 0 Å². The summed E-state index contributed by atoms with van der Waals surface area (Å²) in [5, 5.41) is 0. The lowest BCUT2D eigenvalue weighted by Gasteiger charge is -2.40. The number of carbonyl (C=O) groups excluding carboxylic acids is 2. The van der Waals surface area contributed by atoms with Crippen LogP contribution in [0.25, 0.3) is 0 Å². The highest BCUT2D eigenvalue weighted by atomic mass is 16.5. The van der Waals surface area contributed by atoms with Crippen molar-refractivity contribution in [1.29, 1.82) is 0 Å². The minimum Gasteiger partial charge on any atom is -0.486 e. The summed E-state index contributed by atoms with van der Waals surface area (Å²) in [5.41, 5.74) is 0.852. The lowest BCUT2D eigenvalue weighted by molar-refractivity contribution is -0.136. The summed E-state index contributed by atoms with van der Waals surface area (Å²) in [6.45, 7) is 5.78. The zero-order valence-corrected chi connectivity index (χ0v) is 17.5. The van der Waals surface area contributed by atoms with Crippen LogP contribution in [0.15, 0.2) is 24.3 Å². The van der Waals surface area contributed by atoms with E-state index in [1.165, 1.54) is 12.8 Å². The van der Waals surface area contributed by atoms with E-state index < -0.39 is 0 Å². The molecular formula is C23H33N3O3. The summed E-state index contributed by atoms with van der Waals surface area (Å²) in [6, 6.07) is 7.82. The van der Waals surface area contributed by atoms with Crippen molar-refractivity contribution in [3.05, 3.63) is 24.3 Å². The monoisotopic (exact) mass is 399 g/mol. The number of nitrogens with zero attached hydrogens (tertiary/aromatic N) is 3. The van der Waals surface area contributed by atoms with Crippen molar-refractivity contribution in [2.24, 2.45) is 5.92 Å². The number of likely N-dealkylation sites (tertiary alicyclic amines) is 2. The Kier molecular flexibility index (Phi) is 6.26. The molecule has 0 aliphatic carbocycles. The van der Waals surface area contributed by atoms with E-state index in [0.717, 1.165) is 56.6 Å². The molecule has 1 aromatic carbocycles. The first-order valence-corrected chi connectivity index (χ1v) is 11.3. The molecule has 3 aliphatic rings. The van der Waals surface area contributed by atoms with E-state index in [4.69, 9.17) is 4.74 Å². The molecule has 0 spiro atoms. The maximum absolute atomic E-state index is 13.3. The van der Waals surface area contributed by atoms with Crippen LogP contribution in [-0.4, -0.2) is 60.6 Å². The molecule has 0 N–H and O–H groups in total. The van der Waals surface area contributed by atoms with E-state index >= 15 is 0 Å². The third kappa shape index (κ3) is 4.36. The summed E-state index contributed by atoms with van der Waals surface area (Å²) in [7, 11) is 0. The van der Waals surface area contributed by atoms with Gasteiger partial charge >= 0.3 is 6.03 Å². The predicted molar refractivity (Wildman–Crippen MR) is 113 cm³/mol. The topological polar surface area (TPSA) is 53.1 Å². The maximum atomic E-state index is 13.3. The number of piperidine rings is 1.